The number of anilines is 1. The molecule has 0 unspecified atom stereocenters. The summed E-state index contributed by atoms with van der Waals surface area (Å²) in [6.07, 6.45) is 1.96. The second kappa shape index (κ2) is 7.01. The van der Waals surface area contributed by atoms with Crippen LogP contribution in [0, 0.1) is 0 Å². The van der Waals surface area contributed by atoms with Crippen molar-refractivity contribution in [1.82, 2.24) is 4.98 Å². The summed E-state index contributed by atoms with van der Waals surface area (Å²) in [6, 6.07) is 13.8. The molecule has 1 fully saturated rings. The fourth-order valence-corrected chi connectivity index (χ4v) is 4.10. The van der Waals surface area contributed by atoms with Gasteiger partial charge >= 0.3 is 0 Å². The molecule has 2 aromatic carbocycles. The third-order valence-corrected chi connectivity index (χ3v) is 6.43. The number of rotatable bonds is 6. The molecule has 3 aromatic rings. The van der Waals surface area contributed by atoms with Crippen molar-refractivity contribution in [2.24, 2.45) is 0 Å². The van der Waals surface area contributed by atoms with Crippen LogP contribution in [0.25, 0.3) is 11.5 Å². The largest absolute Gasteiger partial charge is 0.497 e. The van der Waals surface area contributed by atoms with Crippen molar-refractivity contribution in [1.29, 1.82) is 0 Å². The molecule has 1 heterocycles. The molecule has 1 aromatic heterocycles. The van der Waals surface area contributed by atoms with Crippen LogP contribution in [0.1, 0.15) is 12.8 Å². The Kier molecular flexibility index (Phi) is 4.69. The number of sulfone groups is 1. The normalized spacial score (nSPS) is 14.1. The third kappa shape index (κ3) is 3.72. The molecule has 0 atom stereocenters. The Morgan fingerprint density at radius 2 is 1.78 bits per heavy atom. The van der Waals surface area contributed by atoms with E-state index in [-0.39, 0.29) is 27.7 Å². The van der Waals surface area contributed by atoms with Crippen molar-refractivity contribution < 1.29 is 17.6 Å². The smallest absolute Gasteiger partial charge is 0.234 e. The summed E-state index contributed by atoms with van der Waals surface area (Å²) in [5, 5.41) is 3.05. The maximum Gasteiger partial charge on any atom is 0.234 e. The minimum Gasteiger partial charge on any atom is -0.497 e. The van der Waals surface area contributed by atoms with Gasteiger partial charge in [0.2, 0.25) is 26.6 Å². The molecule has 8 heteroatoms. The number of halogens is 1. The first-order chi connectivity index (χ1) is 13.0. The first kappa shape index (κ1) is 18.1. The fourth-order valence-electron chi connectivity index (χ4n) is 2.57. The quantitative estimate of drug-likeness (QED) is 0.596. The van der Waals surface area contributed by atoms with E-state index in [9.17, 15) is 8.42 Å². The number of methoxy groups -OCH3 is 1. The van der Waals surface area contributed by atoms with Crippen LogP contribution in [0.15, 0.2) is 67.3 Å². The first-order valence-corrected chi connectivity index (χ1v) is 10.7. The maximum atomic E-state index is 13.1. The van der Waals surface area contributed by atoms with E-state index in [0.717, 1.165) is 17.3 Å². The van der Waals surface area contributed by atoms with E-state index < -0.39 is 9.84 Å². The molecule has 6 nitrogen and oxygen atoms in total. The Morgan fingerprint density at radius 3 is 2.37 bits per heavy atom. The Balaban J connectivity index is 1.78. The number of ether oxygens (including phenoxy) is 1. The van der Waals surface area contributed by atoms with Crippen LogP contribution >= 0.6 is 15.9 Å². The molecule has 1 saturated carbocycles. The molecule has 0 amide bonds. The predicted molar refractivity (Wildman–Crippen MR) is 105 cm³/mol. The van der Waals surface area contributed by atoms with Crippen LogP contribution in [-0.4, -0.2) is 26.6 Å². The Bertz CT molecular complexity index is 1060. The van der Waals surface area contributed by atoms with E-state index in [0.29, 0.717) is 11.3 Å². The van der Waals surface area contributed by atoms with Gasteiger partial charge < -0.3 is 14.5 Å². The molecule has 1 aliphatic carbocycles. The Labute approximate surface area is 165 Å². The van der Waals surface area contributed by atoms with Gasteiger partial charge in [-0.15, -0.1) is 0 Å². The van der Waals surface area contributed by atoms with Gasteiger partial charge in [0.15, 0.2) is 0 Å². The van der Waals surface area contributed by atoms with Crippen molar-refractivity contribution in [3.63, 3.8) is 0 Å². The molecular weight excluding hydrogens is 432 g/mol. The summed E-state index contributed by atoms with van der Waals surface area (Å²) in [6.45, 7) is 0. The monoisotopic (exact) mass is 448 g/mol. The summed E-state index contributed by atoms with van der Waals surface area (Å²) in [5.74, 6) is 1.13. The van der Waals surface area contributed by atoms with Crippen LogP contribution in [0.4, 0.5) is 5.88 Å². The zero-order valence-corrected chi connectivity index (χ0v) is 16.9. The van der Waals surface area contributed by atoms with Crippen molar-refractivity contribution in [3.05, 3.63) is 53.0 Å². The highest BCUT2D eigenvalue weighted by Crippen LogP contribution is 2.36. The molecule has 1 aliphatic rings. The summed E-state index contributed by atoms with van der Waals surface area (Å²) in [5.41, 5.74) is 0.673. The molecule has 0 aliphatic heterocycles. The Hall–Kier alpha value is -2.32. The van der Waals surface area contributed by atoms with Crippen LogP contribution in [0.5, 0.6) is 5.75 Å². The lowest BCUT2D eigenvalue weighted by Gasteiger charge is -2.05. The van der Waals surface area contributed by atoms with Gasteiger partial charge in [0.25, 0.3) is 0 Å². The van der Waals surface area contributed by atoms with Crippen molar-refractivity contribution in [2.45, 2.75) is 28.8 Å². The number of nitrogens with one attached hydrogen (secondary N) is 1. The lowest BCUT2D eigenvalue weighted by atomic mass is 10.2. The number of oxazole rings is 1. The SMILES string of the molecule is COc1ccc(-c2nc(S(=O)(=O)c3ccc(Br)cc3)c(NC3CC3)o2)cc1. The molecule has 27 heavy (non-hydrogen) atoms. The molecule has 0 radical (unpaired) electrons. The topological polar surface area (TPSA) is 81.4 Å². The van der Waals surface area contributed by atoms with Gasteiger partial charge in [0.1, 0.15) is 5.75 Å². The van der Waals surface area contributed by atoms with E-state index in [1.54, 1.807) is 55.6 Å². The summed E-state index contributed by atoms with van der Waals surface area (Å²) >= 11 is 3.32. The average molecular weight is 449 g/mol. The van der Waals surface area contributed by atoms with Gasteiger partial charge in [-0.2, -0.15) is 4.98 Å². The molecule has 1 N–H and O–H groups in total. The molecule has 4 rings (SSSR count). The second-order valence-electron chi connectivity index (χ2n) is 6.26. The van der Waals surface area contributed by atoms with Crippen molar-refractivity contribution >= 4 is 31.7 Å². The van der Waals surface area contributed by atoms with Crippen molar-refractivity contribution in [2.75, 3.05) is 12.4 Å². The van der Waals surface area contributed by atoms with Gasteiger partial charge in [-0.1, -0.05) is 15.9 Å². The van der Waals surface area contributed by atoms with E-state index in [1.807, 2.05) is 0 Å². The lowest BCUT2D eigenvalue weighted by molar-refractivity contribution is 0.415. The van der Waals surface area contributed by atoms with E-state index >= 15 is 0 Å². The van der Waals surface area contributed by atoms with Gasteiger partial charge in [-0.25, -0.2) is 8.42 Å². The molecule has 140 valence electrons. The number of benzene rings is 2. The second-order valence-corrected chi connectivity index (χ2v) is 9.04. The minimum atomic E-state index is -3.82. The van der Waals surface area contributed by atoms with Gasteiger partial charge in [0.05, 0.1) is 12.0 Å². The van der Waals surface area contributed by atoms with Crippen LogP contribution < -0.4 is 10.1 Å². The van der Waals surface area contributed by atoms with E-state index in [4.69, 9.17) is 9.15 Å². The van der Waals surface area contributed by atoms with Crippen LogP contribution in [0.2, 0.25) is 0 Å². The highest BCUT2D eigenvalue weighted by atomic mass is 79.9. The molecule has 0 bridgehead atoms. The highest BCUT2D eigenvalue weighted by Gasteiger charge is 2.32. The zero-order chi connectivity index (χ0) is 19.0. The minimum absolute atomic E-state index is 0.0949. The van der Waals surface area contributed by atoms with E-state index in [1.165, 1.54) is 0 Å². The molecular formula is C19H17BrN2O4S. The van der Waals surface area contributed by atoms with E-state index in [2.05, 4.69) is 26.2 Å². The number of hydrogen-bond donors (Lipinski definition) is 1. The summed E-state index contributed by atoms with van der Waals surface area (Å²) < 4.78 is 38.0. The summed E-state index contributed by atoms with van der Waals surface area (Å²) in [4.78, 5) is 4.48. The van der Waals surface area contributed by atoms with Gasteiger partial charge in [0, 0.05) is 16.1 Å². The Morgan fingerprint density at radius 1 is 1.11 bits per heavy atom. The first-order valence-electron chi connectivity index (χ1n) is 8.40. The highest BCUT2D eigenvalue weighted by molar-refractivity contribution is 9.10. The number of aromatic nitrogens is 1. The zero-order valence-electron chi connectivity index (χ0n) is 14.5. The number of nitrogens with zero attached hydrogens (tertiary/aromatic N) is 1. The van der Waals surface area contributed by atoms with Crippen LogP contribution in [0.3, 0.4) is 0 Å². The van der Waals surface area contributed by atoms with Gasteiger partial charge in [-0.3, -0.25) is 0 Å². The number of hydrogen-bond acceptors (Lipinski definition) is 6. The summed E-state index contributed by atoms with van der Waals surface area (Å²) in [7, 11) is -2.23. The fraction of sp³-hybridized carbons (Fsp3) is 0.211. The third-order valence-electron chi connectivity index (χ3n) is 4.22. The lowest BCUT2D eigenvalue weighted by Crippen LogP contribution is -2.08. The average Bonchev–Trinajstić information content (AvgIpc) is 3.38. The van der Waals surface area contributed by atoms with Crippen LogP contribution in [-0.2, 0) is 9.84 Å². The molecule has 0 saturated heterocycles. The van der Waals surface area contributed by atoms with Gasteiger partial charge in [-0.05, 0) is 61.4 Å². The van der Waals surface area contributed by atoms with Crippen molar-refractivity contribution in [3.8, 4) is 17.2 Å². The predicted octanol–water partition coefficient (Wildman–Crippen LogP) is 4.52. The standard InChI is InChI=1S/C19H17BrN2O4S/c1-25-15-8-2-12(3-9-15)17-22-19(18(26-17)21-14-6-7-14)27(23,24)16-10-4-13(20)5-11-16/h2-5,8-11,14,21H,6-7H2,1H3. The maximum absolute atomic E-state index is 13.1. The molecule has 0 spiro atoms.